The highest BCUT2D eigenvalue weighted by atomic mass is 32.2. The zero-order valence-corrected chi connectivity index (χ0v) is 13.5. The Balaban J connectivity index is 1.82. The molecule has 0 aliphatic carbocycles. The third kappa shape index (κ3) is 5.10. The Morgan fingerprint density at radius 2 is 1.90 bits per heavy atom. The number of aryl methyl sites for hydroxylation is 1. The van der Waals surface area contributed by atoms with Gasteiger partial charge in [0.15, 0.2) is 0 Å². The smallest absolute Gasteiger partial charge is 0.119 e. The van der Waals surface area contributed by atoms with Gasteiger partial charge in [0.2, 0.25) is 0 Å². The van der Waals surface area contributed by atoms with Crippen LogP contribution in [0.25, 0.3) is 0 Å². The zero-order valence-electron chi connectivity index (χ0n) is 12.7. The Morgan fingerprint density at radius 1 is 1.14 bits per heavy atom. The van der Waals surface area contributed by atoms with Gasteiger partial charge in [0.25, 0.3) is 0 Å². The number of thioether (sulfide) groups is 1. The summed E-state index contributed by atoms with van der Waals surface area (Å²) >= 11 is 1.88. The molecular weight excluding hydrogens is 278 g/mol. The van der Waals surface area contributed by atoms with E-state index in [0.29, 0.717) is 6.61 Å². The normalized spacial score (nSPS) is 12.1. The van der Waals surface area contributed by atoms with Gasteiger partial charge in [-0.15, -0.1) is 0 Å². The van der Waals surface area contributed by atoms with E-state index in [0.717, 1.165) is 22.8 Å². The quantitative estimate of drug-likeness (QED) is 0.827. The molecule has 3 heteroatoms. The van der Waals surface area contributed by atoms with Gasteiger partial charge in [-0.25, -0.2) is 0 Å². The lowest BCUT2D eigenvalue weighted by Gasteiger charge is -2.13. The predicted octanol–water partition coefficient (Wildman–Crippen LogP) is 4.33. The van der Waals surface area contributed by atoms with Crippen molar-refractivity contribution in [2.75, 3.05) is 12.4 Å². The summed E-state index contributed by atoms with van der Waals surface area (Å²) in [5.41, 5.74) is 10.1. The molecule has 21 heavy (non-hydrogen) atoms. The molecule has 0 amide bonds. The fourth-order valence-corrected chi connectivity index (χ4v) is 3.16. The van der Waals surface area contributed by atoms with Crippen molar-refractivity contribution in [2.24, 2.45) is 5.73 Å². The predicted molar refractivity (Wildman–Crippen MR) is 91.9 cm³/mol. The monoisotopic (exact) mass is 301 g/mol. The minimum absolute atomic E-state index is 0.0653. The number of rotatable bonds is 7. The van der Waals surface area contributed by atoms with Crippen molar-refractivity contribution in [3.8, 4) is 5.75 Å². The van der Waals surface area contributed by atoms with Crippen molar-refractivity contribution in [3.05, 3.63) is 65.2 Å². The Kier molecular flexibility index (Phi) is 6.15. The Hall–Kier alpha value is -1.45. The van der Waals surface area contributed by atoms with Crippen molar-refractivity contribution in [3.63, 3.8) is 0 Å². The second-order valence-corrected chi connectivity index (χ2v) is 6.14. The summed E-state index contributed by atoms with van der Waals surface area (Å²) in [6.07, 6.45) is 0. The number of benzene rings is 2. The zero-order chi connectivity index (χ0) is 15.1. The SMILES string of the molecule is CCOc1ccc(C(N)CSCc2cccc(C)c2)cc1. The van der Waals surface area contributed by atoms with Crippen LogP contribution in [-0.2, 0) is 5.75 Å². The van der Waals surface area contributed by atoms with Crippen LogP contribution in [0, 0.1) is 6.92 Å². The van der Waals surface area contributed by atoms with Crippen LogP contribution in [0.15, 0.2) is 48.5 Å². The Labute approximate surface area is 131 Å². The molecule has 2 aromatic carbocycles. The number of nitrogens with two attached hydrogens (primary N) is 1. The second-order valence-electron chi connectivity index (χ2n) is 5.11. The number of ether oxygens (including phenoxy) is 1. The number of hydrogen-bond donors (Lipinski definition) is 1. The maximum atomic E-state index is 6.25. The van der Waals surface area contributed by atoms with Crippen molar-refractivity contribution < 1.29 is 4.74 Å². The first kappa shape index (κ1) is 15.9. The van der Waals surface area contributed by atoms with Gasteiger partial charge in [0.1, 0.15) is 5.75 Å². The van der Waals surface area contributed by atoms with Crippen LogP contribution in [0.5, 0.6) is 5.75 Å². The molecule has 0 radical (unpaired) electrons. The van der Waals surface area contributed by atoms with Crippen LogP contribution in [0.2, 0.25) is 0 Å². The summed E-state index contributed by atoms with van der Waals surface area (Å²) in [4.78, 5) is 0. The molecule has 2 aromatic rings. The van der Waals surface area contributed by atoms with Gasteiger partial charge in [-0.3, -0.25) is 0 Å². The molecule has 0 fully saturated rings. The maximum absolute atomic E-state index is 6.25. The Bertz CT molecular complexity index is 553. The molecule has 0 saturated heterocycles. The third-order valence-corrected chi connectivity index (χ3v) is 4.40. The lowest BCUT2D eigenvalue weighted by molar-refractivity contribution is 0.340. The summed E-state index contributed by atoms with van der Waals surface area (Å²) in [7, 11) is 0. The lowest BCUT2D eigenvalue weighted by atomic mass is 10.1. The van der Waals surface area contributed by atoms with E-state index in [1.54, 1.807) is 0 Å². The highest BCUT2D eigenvalue weighted by Gasteiger charge is 2.06. The highest BCUT2D eigenvalue weighted by Crippen LogP contribution is 2.22. The van der Waals surface area contributed by atoms with Crippen LogP contribution in [0.1, 0.15) is 29.7 Å². The van der Waals surface area contributed by atoms with E-state index in [-0.39, 0.29) is 6.04 Å². The molecule has 2 N–H and O–H groups in total. The van der Waals surface area contributed by atoms with E-state index >= 15 is 0 Å². The van der Waals surface area contributed by atoms with Gasteiger partial charge in [-0.2, -0.15) is 11.8 Å². The summed E-state index contributed by atoms with van der Waals surface area (Å²) in [5.74, 6) is 2.83. The molecule has 1 unspecified atom stereocenters. The molecule has 1 atom stereocenters. The largest absolute Gasteiger partial charge is 0.494 e. The first-order valence-electron chi connectivity index (χ1n) is 7.30. The van der Waals surface area contributed by atoms with E-state index in [2.05, 4.69) is 43.3 Å². The molecule has 0 heterocycles. The molecule has 2 nitrogen and oxygen atoms in total. The molecule has 2 rings (SSSR count). The van der Waals surface area contributed by atoms with Crippen LogP contribution < -0.4 is 10.5 Å². The average Bonchev–Trinajstić information content (AvgIpc) is 2.48. The average molecular weight is 301 g/mol. The summed E-state index contributed by atoms with van der Waals surface area (Å²) in [6, 6.07) is 16.8. The van der Waals surface area contributed by atoms with E-state index in [9.17, 15) is 0 Å². The number of hydrogen-bond acceptors (Lipinski definition) is 3. The molecule has 0 spiro atoms. The van der Waals surface area contributed by atoms with Crippen molar-refractivity contribution in [2.45, 2.75) is 25.6 Å². The fourth-order valence-electron chi connectivity index (χ4n) is 2.18. The standard InChI is InChI=1S/C18H23NOS/c1-3-20-17-9-7-16(8-10-17)18(19)13-21-12-15-6-4-5-14(2)11-15/h4-11,18H,3,12-13,19H2,1-2H3. The van der Waals surface area contributed by atoms with E-state index in [1.807, 2.05) is 30.8 Å². The Morgan fingerprint density at radius 3 is 2.57 bits per heavy atom. The molecule has 0 saturated carbocycles. The molecule has 0 aliphatic heterocycles. The summed E-state index contributed by atoms with van der Waals surface area (Å²) in [5, 5.41) is 0. The van der Waals surface area contributed by atoms with E-state index < -0.39 is 0 Å². The van der Waals surface area contributed by atoms with Crippen LogP contribution in [0.3, 0.4) is 0 Å². The van der Waals surface area contributed by atoms with Gasteiger partial charge >= 0.3 is 0 Å². The van der Waals surface area contributed by atoms with Gasteiger partial charge in [-0.1, -0.05) is 42.0 Å². The first-order chi connectivity index (χ1) is 10.2. The topological polar surface area (TPSA) is 35.2 Å². The van der Waals surface area contributed by atoms with Crippen LogP contribution in [-0.4, -0.2) is 12.4 Å². The first-order valence-corrected chi connectivity index (χ1v) is 8.46. The summed E-state index contributed by atoms with van der Waals surface area (Å²) in [6.45, 7) is 4.80. The minimum Gasteiger partial charge on any atom is -0.494 e. The van der Waals surface area contributed by atoms with Gasteiger partial charge < -0.3 is 10.5 Å². The van der Waals surface area contributed by atoms with Crippen molar-refractivity contribution >= 4 is 11.8 Å². The summed E-state index contributed by atoms with van der Waals surface area (Å²) < 4.78 is 5.44. The fraction of sp³-hybridized carbons (Fsp3) is 0.333. The molecule has 0 aliphatic rings. The van der Waals surface area contributed by atoms with E-state index in [1.165, 1.54) is 11.1 Å². The maximum Gasteiger partial charge on any atom is 0.119 e. The van der Waals surface area contributed by atoms with Crippen molar-refractivity contribution in [1.29, 1.82) is 0 Å². The molecular formula is C18H23NOS. The lowest BCUT2D eigenvalue weighted by Crippen LogP contribution is -2.13. The minimum atomic E-state index is 0.0653. The van der Waals surface area contributed by atoms with E-state index in [4.69, 9.17) is 10.5 Å². The van der Waals surface area contributed by atoms with Gasteiger partial charge in [0.05, 0.1) is 6.61 Å². The van der Waals surface area contributed by atoms with Crippen molar-refractivity contribution in [1.82, 2.24) is 0 Å². The molecule has 0 bridgehead atoms. The van der Waals surface area contributed by atoms with Crippen LogP contribution >= 0.6 is 11.8 Å². The second kappa shape index (κ2) is 8.11. The van der Waals surface area contributed by atoms with Gasteiger partial charge in [0, 0.05) is 17.5 Å². The molecule has 112 valence electrons. The van der Waals surface area contributed by atoms with Gasteiger partial charge in [-0.05, 0) is 37.1 Å². The highest BCUT2D eigenvalue weighted by molar-refractivity contribution is 7.98. The third-order valence-electron chi connectivity index (χ3n) is 3.27. The molecule has 0 aromatic heterocycles. The van der Waals surface area contributed by atoms with Crippen LogP contribution in [0.4, 0.5) is 0 Å².